The number of anilines is 5. The predicted molar refractivity (Wildman–Crippen MR) is 297 cm³/mol. The van der Waals surface area contributed by atoms with E-state index in [2.05, 4.69) is 63.2 Å². The van der Waals surface area contributed by atoms with Gasteiger partial charge in [-0.15, -0.1) is 4.57 Å². The van der Waals surface area contributed by atoms with Gasteiger partial charge < -0.3 is 38.1 Å². The second kappa shape index (κ2) is 24.9. The van der Waals surface area contributed by atoms with Gasteiger partial charge in [0.05, 0.1) is 48.3 Å². The zero-order valence-corrected chi connectivity index (χ0v) is 41.3. The van der Waals surface area contributed by atoms with Crippen molar-refractivity contribution in [3.63, 3.8) is 0 Å². The average molecular weight is 986 g/mol. The minimum Gasteiger partial charge on any atom is -0.384 e. The molecule has 0 bridgehead atoms. The van der Waals surface area contributed by atoms with E-state index in [1.54, 1.807) is 30.9 Å². The van der Waals surface area contributed by atoms with Crippen molar-refractivity contribution in [2.75, 3.05) is 48.3 Å². The summed E-state index contributed by atoms with van der Waals surface area (Å²) in [6, 6.07) is 40.8. The number of para-hydroxylation sites is 2. The molecule has 74 heavy (non-hydrogen) atoms. The Balaban J connectivity index is 0.623. The van der Waals surface area contributed by atoms with Gasteiger partial charge in [0.15, 0.2) is 11.0 Å². The van der Waals surface area contributed by atoms with Gasteiger partial charge in [0.25, 0.3) is 11.8 Å². The monoisotopic (exact) mass is 986 g/mol. The van der Waals surface area contributed by atoms with Gasteiger partial charge in [0.1, 0.15) is 29.0 Å². The summed E-state index contributed by atoms with van der Waals surface area (Å²) in [5.74, 6) is 2.29. The Hall–Kier alpha value is -9.05. The summed E-state index contributed by atoms with van der Waals surface area (Å²) in [5, 5.41) is 16.4. The standard InChI is InChI=1S/C58H60N14O2/c59-53-33-47(69-44-15-7-5-8-16-44)48(37-65-53)70-45-27-28-55(67-36-45)61-29-11-1-3-13-31-63-57(73)42-23-19-40(20-24-42)41-21-25-43(26-22-41)58(74)64-32-14-4-2-12-30-62-56-35-52-50(39-68-56)71-49-38-66-54(60)34-51(49)72(52)46-17-9-6-10-18-46/h5-10,15-26,28,33-39,61H,1-4,11-14,27,29-32H2,(H7,59,60,62,63,64,65,66,67,68,69,73,74)/p+1. The van der Waals surface area contributed by atoms with Crippen LogP contribution in [-0.2, 0) is 0 Å². The summed E-state index contributed by atoms with van der Waals surface area (Å²) in [6.07, 6.45) is 17.5. The lowest BCUT2D eigenvalue weighted by molar-refractivity contribution is -0.538. The van der Waals surface area contributed by atoms with E-state index in [-0.39, 0.29) is 11.8 Å². The summed E-state index contributed by atoms with van der Waals surface area (Å²) in [4.78, 5) is 53.1. The van der Waals surface area contributed by atoms with E-state index in [4.69, 9.17) is 21.4 Å². The zero-order chi connectivity index (χ0) is 50.9. The first kappa shape index (κ1) is 49.9. The van der Waals surface area contributed by atoms with Gasteiger partial charge in [-0.05, 0) is 79.3 Å². The molecule has 9 rings (SSSR count). The fraction of sp³-hybridized carbons (Fsp3) is 0.224. The Morgan fingerprint density at radius 3 is 1.76 bits per heavy atom. The minimum absolute atomic E-state index is 0.0872. The smallest absolute Gasteiger partial charge is 0.251 e. The number of allylic oxidation sites excluding steroid dienone is 1. The number of carbonyl (C=O) groups is 2. The van der Waals surface area contributed by atoms with Gasteiger partial charge in [-0.3, -0.25) is 9.59 Å². The van der Waals surface area contributed by atoms with E-state index in [0.717, 1.165) is 132 Å². The van der Waals surface area contributed by atoms with Crippen molar-refractivity contribution in [3.8, 4) is 16.8 Å². The highest BCUT2D eigenvalue weighted by Crippen LogP contribution is 2.30. The molecule has 16 nitrogen and oxygen atoms in total. The van der Waals surface area contributed by atoms with Gasteiger partial charge in [-0.1, -0.05) is 86.3 Å². The molecule has 4 aromatic heterocycles. The highest BCUT2D eigenvalue weighted by atomic mass is 16.2. The molecular weight excluding hydrogens is 925 g/mol. The Labute approximate surface area is 430 Å². The van der Waals surface area contributed by atoms with Crippen molar-refractivity contribution in [1.29, 1.82) is 0 Å². The summed E-state index contributed by atoms with van der Waals surface area (Å²) in [7, 11) is 0. The van der Waals surface area contributed by atoms with Crippen LogP contribution in [0.3, 0.4) is 0 Å². The van der Waals surface area contributed by atoms with Crippen molar-refractivity contribution in [3.05, 3.63) is 169 Å². The van der Waals surface area contributed by atoms with E-state index >= 15 is 0 Å². The number of amides is 2. The maximum absolute atomic E-state index is 12.9. The number of nitrogens with zero attached hydrogens (tertiary/aromatic N) is 7. The lowest BCUT2D eigenvalue weighted by Crippen LogP contribution is -2.33. The number of fused-ring (bicyclic) bond motifs is 2. The topological polar surface area (TPSA) is 226 Å². The summed E-state index contributed by atoms with van der Waals surface area (Å²) >= 11 is 0. The number of aliphatic imine (C=N–C) groups is 2. The number of rotatable bonds is 23. The van der Waals surface area contributed by atoms with Crippen LogP contribution in [0.2, 0.25) is 0 Å². The zero-order valence-electron chi connectivity index (χ0n) is 41.3. The highest BCUT2D eigenvalue weighted by Gasteiger charge is 2.21. The third-order valence-electron chi connectivity index (χ3n) is 12.6. The first-order chi connectivity index (χ1) is 36.3. The Morgan fingerprint density at radius 1 is 0.581 bits per heavy atom. The molecule has 4 aromatic carbocycles. The second-order valence-electron chi connectivity index (χ2n) is 18.1. The number of aromatic nitrogens is 5. The van der Waals surface area contributed by atoms with Crippen molar-refractivity contribution in [1.82, 2.24) is 35.9 Å². The highest BCUT2D eigenvalue weighted by molar-refractivity contribution is 6.32. The van der Waals surface area contributed by atoms with Crippen LogP contribution in [0.5, 0.6) is 0 Å². The Morgan fingerprint density at radius 2 is 1.14 bits per heavy atom. The molecule has 0 fully saturated rings. The molecule has 1 aliphatic heterocycles. The summed E-state index contributed by atoms with van der Waals surface area (Å²) < 4.78 is 2.14. The van der Waals surface area contributed by atoms with Crippen LogP contribution in [0.1, 0.15) is 78.5 Å². The van der Waals surface area contributed by atoms with Crippen molar-refractivity contribution in [2.24, 2.45) is 9.98 Å². The van der Waals surface area contributed by atoms with Gasteiger partial charge in [-0.25, -0.2) is 29.9 Å². The maximum atomic E-state index is 12.9. The van der Waals surface area contributed by atoms with Gasteiger partial charge >= 0.3 is 0 Å². The quantitative estimate of drug-likeness (QED) is 0.0181. The second-order valence-corrected chi connectivity index (χ2v) is 18.1. The fourth-order valence-corrected chi connectivity index (χ4v) is 8.64. The van der Waals surface area contributed by atoms with Gasteiger partial charge in [0.2, 0.25) is 16.7 Å². The fourth-order valence-electron chi connectivity index (χ4n) is 8.64. The number of nitrogens with two attached hydrogens (primary N) is 2. The molecule has 0 saturated carbocycles. The SMILES string of the molecule is Nc1cc(Nc2ccccc2)c(N=C2C=NC(NCCCCCCNC(=O)c3ccc(-c4ccc(C(=O)NCCCCCCNc5cc6c(cn5)nc5cnc(N)cc5[n+]6-c5ccccc5)cc4)cc3)=CC2)cn1. The molecule has 2 amide bonds. The summed E-state index contributed by atoms with van der Waals surface area (Å²) in [6.45, 7) is 2.81. The third kappa shape index (κ3) is 13.5. The average Bonchev–Trinajstić information content (AvgIpc) is 3.43. The van der Waals surface area contributed by atoms with E-state index in [1.807, 2.05) is 115 Å². The van der Waals surface area contributed by atoms with Crippen molar-refractivity contribution in [2.45, 2.75) is 57.8 Å². The first-order valence-corrected chi connectivity index (χ1v) is 25.3. The van der Waals surface area contributed by atoms with Crippen LogP contribution in [0.25, 0.3) is 38.9 Å². The molecule has 0 unspecified atom stereocenters. The third-order valence-corrected chi connectivity index (χ3v) is 12.6. The summed E-state index contributed by atoms with van der Waals surface area (Å²) in [5.41, 5.74) is 22.7. The lowest BCUT2D eigenvalue weighted by atomic mass is 10.0. The number of nitrogens with one attached hydrogen (secondary N) is 5. The molecule has 374 valence electrons. The molecule has 0 saturated heterocycles. The normalized spacial score (nSPS) is 12.6. The Kier molecular flexibility index (Phi) is 16.8. The largest absolute Gasteiger partial charge is 0.384 e. The number of unbranched alkanes of at least 4 members (excludes halogenated alkanes) is 6. The molecule has 0 spiro atoms. The van der Waals surface area contributed by atoms with E-state index in [1.165, 1.54) is 0 Å². The van der Waals surface area contributed by atoms with Crippen molar-refractivity contribution >= 4 is 80.3 Å². The molecule has 0 radical (unpaired) electrons. The number of benzene rings is 4. The minimum atomic E-state index is -0.0907. The lowest BCUT2D eigenvalue weighted by Gasteiger charge is -2.13. The molecule has 8 aromatic rings. The number of nitrogen functional groups attached to an aromatic ring is 2. The molecule has 0 atom stereocenters. The number of pyridine rings is 3. The first-order valence-electron chi connectivity index (χ1n) is 25.3. The van der Waals surface area contributed by atoms with Gasteiger partial charge in [0, 0.05) is 67.6 Å². The number of hydrogen-bond donors (Lipinski definition) is 7. The molecular formula is C58H61N14O2+. The number of carbonyl (C=O) groups excluding carboxylic acids is 2. The van der Waals surface area contributed by atoms with Crippen LogP contribution in [0.15, 0.2) is 168 Å². The van der Waals surface area contributed by atoms with Gasteiger partial charge in [-0.2, -0.15) is 0 Å². The Bertz CT molecular complexity index is 3290. The van der Waals surface area contributed by atoms with Crippen LogP contribution in [0.4, 0.5) is 34.5 Å². The molecule has 9 N–H and O–H groups in total. The molecule has 1 aliphatic rings. The predicted octanol–water partition coefficient (Wildman–Crippen LogP) is 9.80. The molecule has 0 aliphatic carbocycles. The van der Waals surface area contributed by atoms with Crippen LogP contribution in [0, 0.1) is 0 Å². The number of hydrogen-bond acceptors (Lipinski definition) is 13. The van der Waals surface area contributed by atoms with Crippen molar-refractivity contribution < 1.29 is 14.2 Å². The molecule has 16 heteroatoms. The van der Waals surface area contributed by atoms with Crippen LogP contribution >= 0.6 is 0 Å². The maximum Gasteiger partial charge on any atom is 0.251 e. The van der Waals surface area contributed by atoms with Crippen LogP contribution < -0.4 is 42.6 Å². The van der Waals surface area contributed by atoms with E-state index in [9.17, 15) is 9.59 Å². The van der Waals surface area contributed by atoms with Crippen LogP contribution in [-0.4, -0.2) is 69.9 Å². The van der Waals surface area contributed by atoms with E-state index < -0.39 is 0 Å². The van der Waals surface area contributed by atoms with E-state index in [0.29, 0.717) is 48.0 Å². The molecule has 5 heterocycles.